The maximum absolute atomic E-state index is 12.4. The molecule has 0 aliphatic rings. The van der Waals surface area contributed by atoms with E-state index in [9.17, 15) is 18.0 Å². The Labute approximate surface area is 172 Å². The monoisotopic (exact) mass is 434 g/mol. The smallest absolute Gasteiger partial charge is 0.271 e. The summed E-state index contributed by atoms with van der Waals surface area (Å²) in [7, 11) is -1.92. The van der Waals surface area contributed by atoms with Crippen LogP contribution >= 0.6 is 11.6 Å². The number of carbonyl (C=O) groups is 2. The molecule has 0 radical (unpaired) electrons. The normalized spacial score (nSPS) is 11.4. The van der Waals surface area contributed by atoms with Crippen molar-refractivity contribution in [2.24, 2.45) is 7.05 Å². The molecule has 0 aliphatic heterocycles. The summed E-state index contributed by atoms with van der Waals surface area (Å²) in [5, 5.41) is 1.18. The van der Waals surface area contributed by atoms with Crippen molar-refractivity contribution in [3.8, 4) is 0 Å². The van der Waals surface area contributed by atoms with Crippen LogP contribution in [0, 0.1) is 0 Å². The van der Waals surface area contributed by atoms with Crippen LogP contribution in [0.1, 0.15) is 16.8 Å². The molecule has 1 heterocycles. The number of nitrogens with one attached hydrogen (secondary N) is 3. The third-order valence-electron chi connectivity index (χ3n) is 4.23. The number of halogens is 1. The van der Waals surface area contributed by atoms with Crippen LogP contribution in [0.2, 0.25) is 5.02 Å². The summed E-state index contributed by atoms with van der Waals surface area (Å²) in [6.45, 7) is -0.124. The van der Waals surface area contributed by atoms with Gasteiger partial charge in [-0.25, -0.2) is 13.1 Å². The van der Waals surface area contributed by atoms with Gasteiger partial charge in [0.25, 0.3) is 5.91 Å². The molecule has 2 amide bonds. The SMILES string of the molecule is Cn1cc(C(=O)NNC(=O)CCNS(=O)(=O)c2ccc(Cl)cc2)c2ccccc21. The molecule has 10 heteroatoms. The number of rotatable bonds is 6. The molecule has 1 aromatic heterocycles. The number of hydrogen-bond acceptors (Lipinski definition) is 4. The van der Waals surface area contributed by atoms with Crippen molar-refractivity contribution < 1.29 is 18.0 Å². The summed E-state index contributed by atoms with van der Waals surface area (Å²) >= 11 is 5.74. The van der Waals surface area contributed by atoms with Gasteiger partial charge >= 0.3 is 0 Å². The lowest BCUT2D eigenvalue weighted by atomic mass is 10.2. The largest absolute Gasteiger partial charge is 0.350 e. The van der Waals surface area contributed by atoms with Gasteiger partial charge in [-0.15, -0.1) is 0 Å². The molecule has 0 atom stereocenters. The van der Waals surface area contributed by atoms with Crippen LogP contribution in [0.5, 0.6) is 0 Å². The highest BCUT2D eigenvalue weighted by Gasteiger charge is 2.16. The molecule has 3 rings (SSSR count). The van der Waals surface area contributed by atoms with Crippen molar-refractivity contribution in [1.82, 2.24) is 20.1 Å². The molecule has 3 aromatic rings. The minimum atomic E-state index is -3.75. The fourth-order valence-corrected chi connectivity index (χ4v) is 3.93. The first kappa shape index (κ1) is 20.8. The quantitative estimate of drug-likeness (QED) is 0.515. The van der Waals surface area contributed by atoms with E-state index < -0.39 is 21.8 Å². The van der Waals surface area contributed by atoms with E-state index in [0.717, 1.165) is 10.9 Å². The van der Waals surface area contributed by atoms with Gasteiger partial charge in [-0.3, -0.25) is 20.4 Å². The van der Waals surface area contributed by atoms with Gasteiger partial charge in [0.1, 0.15) is 0 Å². The molecule has 2 aromatic carbocycles. The first-order valence-electron chi connectivity index (χ1n) is 8.66. The van der Waals surface area contributed by atoms with Crippen LogP contribution < -0.4 is 15.6 Å². The van der Waals surface area contributed by atoms with Gasteiger partial charge < -0.3 is 4.57 Å². The molecular formula is C19H19ClN4O4S. The van der Waals surface area contributed by atoms with Crippen molar-refractivity contribution in [1.29, 1.82) is 0 Å². The third kappa shape index (κ3) is 4.94. The number of benzene rings is 2. The number of aromatic nitrogens is 1. The number of aryl methyl sites for hydroxylation is 1. The number of para-hydroxylation sites is 1. The fraction of sp³-hybridized carbons (Fsp3) is 0.158. The van der Waals surface area contributed by atoms with E-state index in [1.54, 1.807) is 6.20 Å². The van der Waals surface area contributed by atoms with Crippen LogP contribution in [0.4, 0.5) is 0 Å². The summed E-state index contributed by atoms with van der Waals surface area (Å²) in [5.74, 6) is -0.991. The fourth-order valence-electron chi connectivity index (χ4n) is 2.77. The summed E-state index contributed by atoms with van der Waals surface area (Å²) in [4.78, 5) is 24.3. The molecule has 0 unspecified atom stereocenters. The van der Waals surface area contributed by atoms with E-state index in [2.05, 4.69) is 15.6 Å². The van der Waals surface area contributed by atoms with Gasteiger partial charge in [0, 0.05) is 42.1 Å². The van der Waals surface area contributed by atoms with E-state index in [-0.39, 0.29) is 17.9 Å². The highest BCUT2D eigenvalue weighted by Crippen LogP contribution is 2.19. The molecule has 152 valence electrons. The van der Waals surface area contributed by atoms with Crippen molar-refractivity contribution in [3.63, 3.8) is 0 Å². The Kier molecular flexibility index (Phi) is 6.21. The summed E-state index contributed by atoms with van der Waals surface area (Å²) in [6, 6.07) is 13.1. The first-order chi connectivity index (χ1) is 13.8. The number of carbonyl (C=O) groups excluding carboxylic acids is 2. The van der Waals surface area contributed by atoms with Crippen molar-refractivity contribution >= 4 is 44.3 Å². The molecule has 0 saturated heterocycles. The van der Waals surface area contributed by atoms with E-state index in [1.807, 2.05) is 35.9 Å². The number of sulfonamides is 1. The third-order valence-corrected chi connectivity index (χ3v) is 5.95. The van der Waals surface area contributed by atoms with Crippen LogP contribution in [-0.2, 0) is 21.9 Å². The topological polar surface area (TPSA) is 109 Å². The van der Waals surface area contributed by atoms with Gasteiger partial charge in [0.05, 0.1) is 10.5 Å². The molecule has 29 heavy (non-hydrogen) atoms. The van der Waals surface area contributed by atoms with Crippen LogP contribution in [0.15, 0.2) is 59.6 Å². The first-order valence-corrected chi connectivity index (χ1v) is 10.5. The molecule has 0 saturated carbocycles. The average molecular weight is 435 g/mol. The minimum Gasteiger partial charge on any atom is -0.350 e. The Balaban J connectivity index is 1.51. The second kappa shape index (κ2) is 8.64. The molecular weight excluding hydrogens is 416 g/mol. The second-order valence-corrected chi connectivity index (χ2v) is 8.48. The van der Waals surface area contributed by atoms with Gasteiger partial charge in [-0.2, -0.15) is 0 Å². The zero-order chi connectivity index (χ0) is 21.0. The number of hydrazine groups is 1. The zero-order valence-corrected chi connectivity index (χ0v) is 17.0. The number of nitrogens with zero attached hydrogens (tertiary/aromatic N) is 1. The summed E-state index contributed by atoms with van der Waals surface area (Å²) in [6.07, 6.45) is 1.52. The molecule has 8 nitrogen and oxygen atoms in total. The Hall–Kier alpha value is -2.88. The Morgan fingerprint density at radius 2 is 1.72 bits per heavy atom. The Morgan fingerprint density at radius 3 is 2.45 bits per heavy atom. The summed E-state index contributed by atoms with van der Waals surface area (Å²) in [5.41, 5.74) is 5.95. The second-order valence-electron chi connectivity index (χ2n) is 6.27. The molecule has 3 N–H and O–H groups in total. The number of amides is 2. The molecule has 0 bridgehead atoms. The molecule has 0 aliphatic carbocycles. The van der Waals surface area contributed by atoms with E-state index in [0.29, 0.717) is 10.6 Å². The van der Waals surface area contributed by atoms with Gasteiger partial charge in [0.15, 0.2) is 0 Å². The van der Waals surface area contributed by atoms with Crippen molar-refractivity contribution in [2.75, 3.05) is 6.54 Å². The Bertz CT molecular complexity index is 1160. The van der Waals surface area contributed by atoms with Crippen LogP contribution in [0.25, 0.3) is 10.9 Å². The number of hydrogen-bond donors (Lipinski definition) is 3. The average Bonchev–Trinajstić information content (AvgIpc) is 3.03. The molecule has 0 fully saturated rings. The standard InChI is InChI=1S/C19H19ClN4O4S/c1-24-12-16(15-4-2-3-5-17(15)24)19(26)23-22-18(25)10-11-21-29(27,28)14-8-6-13(20)7-9-14/h2-9,12,21H,10-11H2,1H3,(H,22,25)(H,23,26). The van der Waals surface area contributed by atoms with Crippen molar-refractivity contribution in [2.45, 2.75) is 11.3 Å². The van der Waals surface area contributed by atoms with Crippen LogP contribution in [-0.4, -0.2) is 31.3 Å². The van der Waals surface area contributed by atoms with E-state index >= 15 is 0 Å². The summed E-state index contributed by atoms with van der Waals surface area (Å²) < 4.78 is 28.4. The predicted octanol–water partition coefficient (Wildman–Crippen LogP) is 1.96. The zero-order valence-electron chi connectivity index (χ0n) is 15.5. The van der Waals surface area contributed by atoms with Gasteiger partial charge in [-0.05, 0) is 30.3 Å². The lowest BCUT2D eigenvalue weighted by Crippen LogP contribution is -2.42. The maximum atomic E-state index is 12.4. The maximum Gasteiger partial charge on any atom is 0.271 e. The highest BCUT2D eigenvalue weighted by molar-refractivity contribution is 7.89. The Morgan fingerprint density at radius 1 is 1.03 bits per heavy atom. The van der Waals surface area contributed by atoms with Crippen molar-refractivity contribution in [3.05, 3.63) is 65.3 Å². The van der Waals surface area contributed by atoms with Crippen LogP contribution in [0.3, 0.4) is 0 Å². The lowest BCUT2D eigenvalue weighted by Gasteiger charge is -2.08. The molecule has 0 spiro atoms. The number of fused-ring (bicyclic) bond motifs is 1. The van der Waals surface area contributed by atoms with Gasteiger partial charge in [0.2, 0.25) is 15.9 Å². The van der Waals surface area contributed by atoms with E-state index in [4.69, 9.17) is 11.6 Å². The lowest BCUT2D eigenvalue weighted by molar-refractivity contribution is -0.121. The highest BCUT2D eigenvalue weighted by atomic mass is 35.5. The minimum absolute atomic E-state index is 0.0477. The predicted molar refractivity (Wildman–Crippen MR) is 110 cm³/mol. The van der Waals surface area contributed by atoms with Gasteiger partial charge in [-0.1, -0.05) is 29.8 Å². The van der Waals surface area contributed by atoms with E-state index in [1.165, 1.54) is 24.3 Å².